The first-order valence-corrected chi connectivity index (χ1v) is 6.40. The van der Waals surface area contributed by atoms with Crippen LogP contribution in [0.4, 0.5) is 8.78 Å². The molecule has 19 heavy (non-hydrogen) atoms. The maximum Gasteiger partial charge on any atom is 0.255 e. The zero-order valence-electron chi connectivity index (χ0n) is 10.4. The van der Waals surface area contributed by atoms with Gasteiger partial charge in [-0.3, -0.25) is 4.79 Å². The van der Waals surface area contributed by atoms with E-state index >= 15 is 0 Å². The minimum absolute atomic E-state index is 0.0758. The molecule has 2 unspecified atom stereocenters. The highest BCUT2D eigenvalue weighted by atomic mass is 35.5. The van der Waals surface area contributed by atoms with Gasteiger partial charge in [-0.25, -0.2) is 8.78 Å². The number of halogens is 3. The number of aliphatic hydroxyl groups is 1. The van der Waals surface area contributed by atoms with Gasteiger partial charge in [0.25, 0.3) is 5.91 Å². The Bertz CT molecular complexity index is 510. The number of carbonyl (C=O) groups excluding carboxylic acids is 1. The monoisotopic (exact) mass is 289 g/mol. The molecule has 6 heteroatoms. The molecule has 0 bridgehead atoms. The van der Waals surface area contributed by atoms with E-state index in [-0.39, 0.29) is 29.2 Å². The fourth-order valence-electron chi connectivity index (χ4n) is 2.38. The molecule has 1 aliphatic heterocycles. The minimum atomic E-state index is -1.11. The van der Waals surface area contributed by atoms with E-state index in [2.05, 4.69) is 0 Å². The first-order chi connectivity index (χ1) is 8.95. The standard InChI is InChI=1S/C13H14ClF2NO2/c1-7-2-3-17(12(7)6-18)13(19)8-4-10(15)11(16)5-9(8)14/h4-5,7,12,18H,2-3,6H2,1H3. The number of nitrogens with zero attached hydrogens (tertiary/aromatic N) is 1. The predicted octanol–water partition coefficient (Wildman–Crippen LogP) is 2.46. The lowest BCUT2D eigenvalue weighted by molar-refractivity contribution is 0.0648. The van der Waals surface area contributed by atoms with Crippen LogP contribution in [0.2, 0.25) is 5.02 Å². The second-order valence-corrected chi connectivity index (χ2v) is 5.17. The fraction of sp³-hybridized carbons (Fsp3) is 0.462. The van der Waals surface area contributed by atoms with Crippen LogP contribution in [0.25, 0.3) is 0 Å². The van der Waals surface area contributed by atoms with E-state index in [1.54, 1.807) is 0 Å². The summed E-state index contributed by atoms with van der Waals surface area (Å²) in [6.45, 7) is 2.25. The topological polar surface area (TPSA) is 40.5 Å². The Morgan fingerprint density at radius 2 is 2.11 bits per heavy atom. The molecule has 0 spiro atoms. The molecule has 0 saturated carbocycles. The van der Waals surface area contributed by atoms with Crippen molar-refractivity contribution in [2.24, 2.45) is 5.92 Å². The highest BCUT2D eigenvalue weighted by molar-refractivity contribution is 6.33. The summed E-state index contributed by atoms with van der Waals surface area (Å²) in [5.74, 6) is -2.51. The SMILES string of the molecule is CC1CCN(C(=O)c2cc(F)c(F)cc2Cl)C1CO. The van der Waals surface area contributed by atoms with Gasteiger partial charge >= 0.3 is 0 Å². The maximum atomic E-state index is 13.2. The van der Waals surface area contributed by atoms with E-state index in [4.69, 9.17) is 11.6 Å². The number of hydrogen-bond donors (Lipinski definition) is 1. The zero-order chi connectivity index (χ0) is 14.2. The summed E-state index contributed by atoms with van der Waals surface area (Å²) in [4.78, 5) is 13.7. The second kappa shape index (κ2) is 5.43. The van der Waals surface area contributed by atoms with E-state index < -0.39 is 17.5 Å². The molecule has 2 rings (SSSR count). The Labute approximate surface area is 114 Å². The van der Waals surface area contributed by atoms with Gasteiger partial charge in [-0.2, -0.15) is 0 Å². The number of benzene rings is 1. The first kappa shape index (κ1) is 14.2. The smallest absolute Gasteiger partial charge is 0.255 e. The van der Waals surface area contributed by atoms with E-state index in [1.807, 2.05) is 6.92 Å². The van der Waals surface area contributed by atoms with Gasteiger partial charge in [0.15, 0.2) is 11.6 Å². The molecule has 1 aliphatic rings. The quantitative estimate of drug-likeness (QED) is 0.850. The van der Waals surface area contributed by atoms with Gasteiger partial charge in [-0.15, -0.1) is 0 Å². The van der Waals surface area contributed by atoms with Crippen LogP contribution in [0, 0.1) is 17.6 Å². The van der Waals surface area contributed by atoms with Gasteiger partial charge in [0.2, 0.25) is 0 Å². The number of hydrogen-bond acceptors (Lipinski definition) is 2. The zero-order valence-corrected chi connectivity index (χ0v) is 11.1. The van der Waals surface area contributed by atoms with E-state index in [0.717, 1.165) is 18.6 Å². The van der Waals surface area contributed by atoms with Crippen LogP contribution in [0.15, 0.2) is 12.1 Å². The molecule has 0 radical (unpaired) electrons. The lowest BCUT2D eigenvalue weighted by Gasteiger charge is -2.25. The summed E-state index contributed by atoms with van der Waals surface area (Å²) >= 11 is 5.79. The van der Waals surface area contributed by atoms with Gasteiger partial charge in [-0.05, 0) is 24.5 Å². The summed E-state index contributed by atoms with van der Waals surface area (Å²) in [5, 5.41) is 9.18. The Balaban J connectivity index is 2.32. The largest absolute Gasteiger partial charge is 0.394 e. The number of aliphatic hydroxyl groups excluding tert-OH is 1. The lowest BCUT2D eigenvalue weighted by atomic mass is 10.0. The maximum absolute atomic E-state index is 13.2. The Kier molecular flexibility index (Phi) is 4.06. The third-order valence-electron chi connectivity index (χ3n) is 3.57. The van der Waals surface area contributed by atoms with E-state index in [0.29, 0.717) is 6.54 Å². The van der Waals surface area contributed by atoms with Crippen molar-refractivity contribution < 1.29 is 18.7 Å². The van der Waals surface area contributed by atoms with Crippen molar-refractivity contribution in [1.82, 2.24) is 4.90 Å². The number of rotatable bonds is 2. The molecule has 1 saturated heterocycles. The van der Waals surface area contributed by atoms with Crippen molar-refractivity contribution in [3.63, 3.8) is 0 Å². The minimum Gasteiger partial charge on any atom is -0.394 e. The molecule has 0 aromatic heterocycles. The molecule has 104 valence electrons. The van der Waals surface area contributed by atoms with Crippen LogP contribution in [-0.4, -0.2) is 35.1 Å². The first-order valence-electron chi connectivity index (χ1n) is 6.02. The summed E-state index contributed by atoms with van der Waals surface area (Å²) in [7, 11) is 0. The normalized spacial score (nSPS) is 22.9. The van der Waals surface area contributed by atoms with Crippen LogP contribution < -0.4 is 0 Å². The molecular formula is C13H14ClF2NO2. The Morgan fingerprint density at radius 1 is 1.47 bits per heavy atom. The molecule has 3 nitrogen and oxygen atoms in total. The van der Waals surface area contributed by atoms with Gasteiger partial charge in [0.05, 0.1) is 23.2 Å². The summed E-state index contributed by atoms with van der Waals surface area (Å²) < 4.78 is 26.2. The Hall–Kier alpha value is -1.20. The predicted molar refractivity (Wildman–Crippen MR) is 67.1 cm³/mol. The van der Waals surface area contributed by atoms with Crippen LogP contribution in [0.3, 0.4) is 0 Å². The average Bonchev–Trinajstić information content (AvgIpc) is 2.74. The van der Waals surface area contributed by atoms with Crippen molar-refractivity contribution >= 4 is 17.5 Å². The van der Waals surface area contributed by atoms with Gasteiger partial charge in [0, 0.05) is 6.54 Å². The third kappa shape index (κ3) is 2.58. The molecule has 1 aromatic carbocycles. The number of amides is 1. The van der Waals surface area contributed by atoms with E-state index in [9.17, 15) is 18.7 Å². The van der Waals surface area contributed by atoms with E-state index in [1.165, 1.54) is 4.90 Å². The average molecular weight is 290 g/mol. The molecule has 0 aliphatic carbocycles. The van der Waals surface area contributed by atoms with Gasteiger partial charge in [-0.1, -0.05) is 18.5 Å². The summed E-state index contributed by atoms with van der Waals surface area (Å²) in [5.41, 5.74) is -0.0758. The van der Waals surface area contributed by atoms with Crippen molar-refractivity contribution in [2.45, 2.75) is 19.4 Å². The molecule has 2 atom stereocenters. The van der Waals surface area contributed by atoms with Crippen LogP contribution in [0.5, 0.6) is 0 Å². The van der Waals surface area contributed by atoms with Gasteiger partial charge < -0.3 is 10.0 Å². The number of likely N-dealkylation sites (tertiary alicyclic amines) is 1. The Morgan fingerprint density at radius 3 is 2.74 bits per heavy atom. The highest BCUT2D eigenvalue weighted by Gasteiger charge is 2.35. The molecule has 1 amide bonds. The fourth-order valence-corrected chi connectivity index (χ4v) is 2.61. The molecule has 1 aromatic rings. The number of carbonyl (C=O) groups is 1. The molecular weight excluding hydrogens is 276 g/mol. The van der Waals surface area contributed by atoms with Gasteiger partial charge in [0.1, 0.15) is 0 Å². The molecule has 1 N–H and O–H groups in total. The lowest BCUT2D eigenvalue weighted by Crippen LogP contribution is -2.40. The summed E-state index contributed by atoms with van der Waals surface area (Å²) in [6.07, 6.45) is 0.762. The second-order valence-electron chi connectivity index (χ2n) is 4.76. The van der Waals surface area contributed by atoms with Crippen LogP contribution in [0.1, 0.15) is 23.7 Å². The molecule has 1 fully saturated rings. The third-order valence-corrected chi connectivity index (χ3v) is 3.88. The van der Waals surface area contributed by atoms with Crippen molar-refractivity contribution in [1.29, 1.82) is 0 Å². The van der Waals surface area contributed by atoms with Crippen molar-refractivity contribution in [3.05, 3.63) is 34.4 Å². The summed E-state index contributed by atoms with van der Waals surface area (Å²) in [6, 6.07) is 1.28. The van der Waals surface area contributed by atoms with Crippen molar-refractivity contribution in [3.8, 4) is 0 Å². The van der Waals surface area contributed by atoms with Crippen LogP contribution >= 0.6 is 11.6 Å². The van der Waals surface area contributed by atoms with Crippen LogP contribution in [-0.2, 0) is 0 Å². The highest BCUT2D eigenvalue weighted by Crippen LogP contribution is 2.28. The molecule has 1 heterocycles. The van der Waals surface area contributed by atoms with Crippen molar-refractivity contribution in [2.75, 3.05) is 13.2 Å².